The van der Waals surface area contributed by atoms with Crippen molar-refractivity contribution < 1.29 is 8.83 Å². The van der Waals surface area contributed by atoms with Crippen LogP contribution in [0.2, 0.25) is 0 Å². The van der Waals surface area contributed by atoms with Gasteiger partial charge in [0.05, 0.1) is 11.0 Å². The Hall–Kier alpha value is -9.58. The van der Waals surface area contributed by atoms with Crippen LogP contribution in [0.1, 0.15) is 0 Å². The molecular formula is C66H43N3O2. The van der Waals surface area contributed by atoms with Crippen LogP contribution in [0.3, 0.4) is 0 Å². The van der Waals surface area contributed by atoms with Gasteiger partial charge in [0.1, 0.15) is 22.3 Å². The fraction of sp³-hybridized carbons (Fsp3) is 0. The van der Waals surface area contributed by atoms with Gasteiger partial charge in [-0.3, -0.25) is 0 Å². The quantitative estimate of drug-likeness (QED) is 0.145. The second-order valence-corrected chi connectivity index (χ2v) is 18.1. The molecule has 0 spiro atoms. The van der Waals surface area contributed by atoms with Crippen LogP contribution >= 0.6 is 0 Å². The van der Waals surface area contributed by atoms with E-state index in [1.807, 2.05) is 24.3 Å². The molecule has 0 aliphatic carbocycles. The molecule has 0 fully saturated rings. The van der Waals surface area contributed by atoms with Crippen molar-refractivity contribution in [1.82, 2.24) is 4.57 Å². The summed E-state index contributed by atoms with van der Waals surface area (Å²) in [6, 6.07) is 93.1. The largest absolute Gasteiger partial charge is 0.456 e. The molecule has 0 N–H and O–H groups in total. The number of aromatic nitrogens is 1. The highest BCUT2D eigenvalue weighted by molar-refractivity contribution is 6.11. The zero-order valence-corrected chi connectivity index (χ0v) is 38.5. The van der Waals surface area contributed by atoms with Crippen LogP contribution in [-0.2, 0) is 0 Å². The first kappa shape index (κ1) is 40.5. The summed E-state index contributed by atoms with van der Waals surface area (Å²) in [5.41, 5.74) is 17.6. The van der Waals surface area contributed by atoms with Gasteiger partial charge in [-0.1, -0.05) is 146 Å². The zero-order chi connectivity index (χ0) is 46.8. The lowest BCUT2D eigenvalue weighted by Gasteiger charge is -2.30. The van der Waals surface area contributed by atoms with Crippen LogP contribution in [0.25, 0.3) is 93.6 Å². The standard InChI is InChI=1S/C66H43N3O2/c1-4-16-48(17-5-1)67(51-33-36-65-59(42-51)57-23-11-14-26-63(57)70-65)53-38-47(39-54(41-53)68(49-18-6-2-7-19-49)52-34-37-66-60(43-52)58-24-12-15-27-64(58)71-66)45-30-28-44(29-31-45)46-32-35-56-55-22-10-13-25-61(55)69(62(56)40-46)50-20-8-3-9-21-50/h1-43H. The molecule has 0 saturated heterocycles. The van der Waals surface area contributed by atoms with Crippen LogP contribution in [-0.4, -0.2) is 4.57 Å². The maximum atomic E-state index is 6.34. The van der Waals surface area contributed by atoms with Gasteiger partial charge in [-0.2, -0.15) is 0 Å². The molecule has 0 unspecified atom stereocenters. The summed E-state index contributed by atoms with van der Waals surface area (Å²) in [5.74, 6) is 0. The molecule has 0 atom stereocenters. The fourth-order valence-corrected chi connectivity index (χ4v) is 10.6. The predicted molar refractivity (Wildman–Crippen MR) is 296 cm³/mol. The SMILES string of the molecule is c1ccc(N(c2cc(-c3ccc(-c4ccc5c6ccccc6n(-c6ccccc6)c5c4)cc3)cc(N(c3ccccc3)c3ccc4oc5ccccc5c4c3)c2)c2ccc3oc4ccccc4c3c2)cc1. The summed E-state index contributed by atoms with van der Waals surface area (Å²) in [4.78, 5) is 4.72. The number of para-hydroxylation sites is 6. The van der Waals surface area contributed by atoms with Crippen molar-refractivity contribution in [2.75, 3.05) is 9.80 Å². The van der Waals surface area contributed by atoms with Gasteiger partial charge in [0.2, 0.25) is 0 Å². The lowest BCUT2D eigenvalue weighted by molar-refractivity contribution is 0.668. The Balaban J connectivity index is 0.960. The van der Waals surface area contributed by atoms with Gasteiger partial charge in [0, 0.05) is 72.1 Å². The second-order valence-electron chi connectivity index (χ2n) is 18.1. The van der Waals surface area contributed by atoms with Crippen molar-refractivity contribution in [3.63, 3.8) is 0 Å². The number of nitrogens with zero attached hydrogens (tertiary/aromatic N) is 3. The molecular weight excluding hydrogens is 867 g/mol. The van der Waals surface area contributed by atoms with E-state index in [1.54, 1.807) is 0 Å². The van der Waals surface area contributed by atoms with Crippen molar-refractivity contribution in [1.29, 1.82) is 0 Å². The highest BCUT2D eigenvalue weighted by Gasteiger charge is 2.22. The van der Waals surface area contributed by atoms with E-state index < -0.39 is 0 Å². The molecule has 0 bridgehead atoms. The number of benzene rings is 11. The van der Waals surface area contributed by atoms with Crippen LogP contribution in [0, 0.1) is 0 Å². The van der Waals surface area contributed by atoms with E-state index in [2.05, 4.69) is 251 Å². The highest BCUT2D eigenvalue weighted by atomic mass is 16.3. The van der Waals surface area contributed by atoms with E-state index in [0.29, 0.717) is 0 Å². The van der Waals surface area contributed by atoms with Gasteiger partial charge in [0.25, 0.3) is 0 Å². The van der Waals surface area contributed by atoms with Gasteiger partial charge >= 0.3 is 0 Å². The molecule has 0 radical (unpaired) electrons. The third-order valence-corrected chi connectivity index (χ3v) is 13.9. The minimum Gasteiger partial charge on any atom is -0.456 e. The minimum absolute atomic E-state index is 0.857. The van der Waals surface area contributed by atoms with Crippen LogP contribution in [0.15, 0.2) is 270 Å². The van der Waals surface area contributed by atoms with Gasteiger partial charge in [-0.05, 0) is 138 Å². The third-order valence-electron chi connectivity index (χ3n) is 13.9. The second kappa shape index (κ2) is 16.6. The average molecular weight is 910 g/mol. The molecule has 3 heterocycles. The normalized spacial score (nSPS) is 11.7. The number of anilines is 6. The first-order chi connectivity index (χ1) is 35.2. The Kier molecular flexibility index (Phi) is 9.46. The first-order valence-electron chi connectivity index (χ1n) is 24.1. The molecule has 0 aliphatic rings. The molecule has 11 aromatic carbocycles. The number of rotatable bonds is 9. The van der Waals surface area contributed by atoms with E-state index in [-0.39, 0.29) is 0 Å². The topological polar surface area (TPSA) is 37.7 Å². The lowest BCUT2D eigenvalue weighted by Crippen LogP contribution is -2.13. The molecule has 14 rings (SSSR count). The summed E-state index contributed by atoms with van der Waals surface area (Å²) in [6.45, 7) is 0. The third kappa shape index (κ3) is 6.94. The van der Waals surface area contributed by atoms with Crippen molar-refractivity contribution in [2.45, 2.75) is 0 Å². The van der Waals surface area contributed by atoms with Crippen LogP contribution in [0.5, 0.6) is 0 Å². The van der Waals surface area contributed by atoms with Crippen molar-refractivity contribution in [3.8, 4) is 27.9 Å². The number of furan rings is 2. The van der Waals surface area contributed by atoms with Crippen LogP contribution < -0.4 is 9.80 Å². The maximum Gasteiger partial charge on any atom is 0.135 e. The van der Waals surface area contributed by atoms with E-state index in [1.165, 1.54) is 21.8 Å². The minimum atomic E-state index is 0.857. The summed E-state index contributed by atoms with van der Waals surface area (Å²) >= 11 is 0. The van der Waals surface area contributed by atoms with E-state index >= 15 is 0 Å². The molecule has 5 heteroatoms. The summed E-state index contributed by atoms with van der Waals surface area (Å²) < 4.78 is 15.1. The monoisotopic (exact) mass is 909 g/mol. The Morgan fingerprint density at radius 2 is 0.676 bits per heavy atom. The van der Waals surface area contributed by atoms with E-state index in [9.17, 15) is 0 Å². The number of hydrogen-bond acceptors (Lipinski definition) is 4. The van der Waals surface area contributed by atoms with Gasteiger partial charge in [-0.15, -0.1) is 0 Å². The fourth-order valence-electron chi connectivity index (χ4n) is 10.6. The van der Waals surface area contributed by atoms with Gasteiger partial charge in [0.15, 0.2) is 0 Å². The smallest absolute Gasteiger partial charge is 0.135 e. The first-order valence-corrected chi connectivity index (χ1v) is 24.1. The Labute approximate surface area is 409 Å². The lowest BCUT2D eigenvalue weighted by atomic mass is 9.98. The van der Waals surface area contributed by atoms with E-state index in [4.69, 9.17) is 8.83 Å². The molecule has 0 saturated carbocycles. The molecule has 334 valence electrons. The Bertz CT molecular complexity index is 4110. The van der Waals surface area contributed by atoms with Crippen molar-refractivity contribution >= 4 is 99.8 Å². The average Bonchev–Trinajstić information content (AvgIpc) is 4.11. The molecule has 5 nitrogen and oxygen atoms in total. The molecule has 71 heavy (non-hydrogen) atoms. The number of hydrogen-bond donors (Lipinski definition) is 0. The maximum absolute atomic E-state index is 6.34. The Morgan fingerprint density at radius 1 is 0.239 bits per heavy atom. The number of fused-ring (bicyclic) bond motifs is 9. The highest BCUT2D eigenvalue weighted by Crippen LogP contribution is 2.46. The van der Waals surface area contributed by atoms with Gasteiger partial charge < -0.3 is 23.2 Å². The molecule has 0 aliphatic heterocycles. The van der Waals surface area contributed by atoms with Gasteiger partial charge in [-0.25, -0.2) is 0 Å². The van der Waals surface area contributed by atoms with Crippen molar-refractivity contribution in [2.24, 2.45) is 0 Å². The summed E-state index contributed by atoms with van der Waals surface area (Å²) in [6.07, 6.45) is 0. The summed E-state index contributed by atoms with van der Waals surface area (Å²) in [5, 5.41) is 6.80. The summed E-state index contributed by atoms with van der Waals surface area (Å²) in [7, 11) is 0. The Morgan fingerprint density at radius 3 is 1.24 bits per heavy atom. The predicted octanol–water partition coefficient (Wildman–Crippen LogP) is 18.9. The molecule has 3 aromatic heterocycles. The van der Waals surface area contributed by atoms with Crippen molar-refractivity contribution in [3.05, 3.63) is 261 Å². The zero-order valence-electron chi connectivity index (χ0n) is 38.5. The molecule has 14 aromatic rings. The molecule has 0 amide bonds. The van der Waals surface area contributed by atoms with Crippen LogP contribution in [0.4, 0.5) is 34.1 Å². The van der Waals surface area contributed by atoms with E-state index in [0.717, 1.165) is 106 Å².